The highest BCUT2D eigenvalue weighted by atomic mass is 15.3. The molecular weight excluding hydrogens is 188 g/mol. The second-order valence-electron chi connectivity index (χ2n) is 5.49. The van der Waals surface area contributed by atoms with Crippen molar-refractivity contribution in [3.05, 3.63) is 12.7 Å². The van der Waals surface area contributed by atoms with Crippen molar-refractivity contribution >= 4 is 0 Å². The topological polar surface area (TPSA) is 56.7 Å². The van der Waals surface area contributed by atoms with E-state index in [1.165, 1.54) is 6.42 Å². The lowest BCUT2D eigenvalue weighted by molar-refractivity contribution is 0.147. The molecule has 15 heavy (non-hydrogen) atoms. The van der Waals surface area contributed by atoms with Gasteiger partial charge in [-0.1, -0.05) is 13.8 Å². The van der Waals surface area contributed by atoms with Crippen LogP contribution in [0.5, 0.6) is 0 Å². The minimum absolute atomic E-state index is 0.0573. The van der Waals surface area contributed by atoms with Gasteiger partial charge >= 0.3 is 0 Å². The molecule has 1 saturated carbocycles. The van der Waals surface area contributed by atoms with Crippen LogP contribution in [0.4, 0.5) is 0 Å². The fourth-order valence-electron chi connectivity index (χ4n) is 2.50. The number of rotatable bonds is 2. The van der Waals surface area contributed by atoms with Crippen molar-refractivity contribution in [1.29, 1.82) is 0 Å². The van der Waals surface area contributed by atoms with Crippen LogP contribution in [0, 0.1) is 11.3 Å². The normalized spacial score (nSPS) is 34.5. The number of aromatic nitrogens is 3. The molecule has 0 aliphatic heterocycles. The molecule has 1 aromatic rings. The lowest BCUT2D eigenvalue weighted by Gasteiger charge is -2.38. The Balaban J connectivity index is 2.12. The molecule has 4 nitrogen and oxygen atoms in total. The molecule has 2 N–H and O–H groups in total. The summed E-state index contributed by atoms with van der Waals surface area (Å²) in [5.74, 6) is 0.592. The Hall–Kier alpha value is -0.900. The van der Waals surface area contributed by atoms with E-state index in [4.69, 9.17) is 5.73 Å². The summed E-state index contributed by atoms with van der Waals surface area (Å²) in [6.45, 7) is 7.62. The van der Waals surface area contributed by atoms with E-state index >= 15 is 0 Å². The Kier molecular flexibility index (Phi) is 2.34. The second kappa shape index (κ2) is 3.30. The van der Waals surface area contributed by atoms with Gasteiger partial charge in [-0.05, 0) is 31.1 Å². The zero-order chi connectivity index (χ0) is 11.1. The van der Waals surface area contributed by atoms with E-state index in [1.54, 1.807) is 12.7 Å². The van der Waals surface area contributed by atoms with Crippen LogP contribution in [0.2, 0.25) is 0 Å². The molecule has 1 fully saturated rings. The van der Waals surface area contributed by atoms with Crippen LogP contribution in [-0.2, 0) is 6.54 Å². The Morgan fingerprint density at radius 2 is 2.20 bits per heavy atom. The highest BCUT2D eigenvalue weighted by Crippen LogP contribution is 2.48. The Bertz CT molecular complexity index is 326. The Morgan fingerprint density at radius 3 is 2.67 bits per heavy atom. The first-order valence-corrected chi connectivity index (χ1v) is 5.55. The van der Waals surface area contributed by atoms with Gasteiger partial charge in [0.2, 0.25) is 0 Å². The minimum atomic E-state index is -0.0573. The van der Waals surface area contributed by atoms with Crippen LogP contribution in [0.3, 0.4) is 0 Å². The van der Waals surface area contributed by atoms with E-state index in [2.05, 4.69) is 30.9 Å². The second-order valence-corrected chi connectivity index (χ2v) is 5.49. The van der Waals surface area contributed by atoms with Crippen molar-refractivity contribution in [1.82, 2.24) is 14.8 Å². The molecule has 1 aliphatic rings. The maximum atomic E-state index is 6.33. The van der Waals surface area contributed by atoms with Gasteiger partial charge in [0.05, 0.1) is 0 Å². The predicted octanol–water partition coefficient (Wildman–Crippen LogP) is 1.43. The van der Waals surface area contributed by atoms with Crippen molar-refractivity contribution in [2.24, 2.45) is 17.1 Å². The number of hydrogen-bond acceptors (Lipinski definition) is 3. The Morgan fingerprint density at radius 1 is 1.47 bits per heavy atom. The molecule has 4 heteroatoms. The molecule has 1 heterocycles. The van der Waals surface area contributed by atoms with Crippen molar-refractivity contribution in [3.8, 4) is 0 Å². The van der Waals surface area contributed by atoms with Crippen LogP contribution in [0.1, 0.15) is 33.6 Å². The average molecular weight is 208 g/mol. The summed E-state index contributed by atoms with van der Waals surface area (Å²) >= 11 is 0. The molecule has 0 unspecified atom stereocenters. The zero-order valence-electron chi connectivity index (χ0n) is 9.77. The van der Waals surface area contributed by atoms with Gasteiger partial charge in [-0.3, -0.25) is 4.68 Å². The number of nitrogens with two attached hydrogens (primary N) is 1. The molecular formula is C11H20N4. The first-order chi connectivity index (χ1) is 6.93. The first-order valence-electron chi connectivity index (χ1n) is 5.55. The molecule has 0 saturated heterocycles. The summed E-state index contributed by atoms with van der Waals surface area (Å²) in [7, 11) is 0. The van der Waals surface area contributed by atoms with Gasteiger partial charge in [0.1, 0.15) is 12.7 Å². The van der Waals surface area contributed by atoms with Gasteiger partial charge in [0.15, 0.2) is 0 Å². The largest absolute Gasteiger partial charge is 0.325 e. The van der Waals surface area contributed by atoms with E-state index < -0.39 is 0 Å². The molecule has 2 atom stereocenters. The third-order valence-corrected chi connectivity index (χ3v) is 4.38. The molecule has 0 aromatic carbocycles. The summed E-state index contributed by atoms with van der Waals surface area (Å²) in [4.78, 5) is 3.97. The maximum absolute atomic E-state index is 6.33. The van der Waals surface area contributed by atoms with Gasteiger partial charge in [-0.15, -0.1) is 0 Å². The fraction of sp³-hybridized carbons (Fsp3) is 0.818. The SMILES string of the molecule is CC1(C)[C@@H](Cn2cncn2)CC[C@@]1(C)N. The molecule has 1 aromatic heterocycles. The predicted molar refractivity (Wildman–Crippen MR) is 59.1 cm³/mol. The zero-order valence-corrected chi connectivity index (χ0v) is 9.77. The maximum Gasteiger partial charge on any atom is 0.137 e. The standard InChI is InChI=1S/C11H20N4/c1-10(2)9(4-5-11(10,3)12)6-15-8-13-7-14-15/h7-9H,4-6,12H2,1-3H3/t9-,11-/m1/s1. The highest BCUT2D eigenvalue weighted by molar-refractivity contribution is 5.03. The third kappa shape index (κ3) is 1.67. The van der Waals surface area contributed by atoms with E-state index in [0.29, 0.717) is 5.92 Å². The van der Waals surface area contributed by atoms with Crippen LogP contribution in [-0.4, -0.2) is 20.3 Å². The van der Waals surface area contributed by atoms with Gasteiger partial charge in [-0.2, -0.15) is 5.10 Å². The molecule has 2 rings (SSSR count). The molecule has 0 spiro atoms. The van der Waals surface area contributed by atoms with E-state index in [1.807, 2.05) is 4.68 Å². The van der Waals surface area contributed by atoms with Crippen molar-refractivity contribution in [3.63, 3.8) is 0 Å². The smallest absolute Gasteiger partial charge is 0.137 e. The Labute approximate surface area is 90.9 Å². The average Bonchev–Trinajstić information content (AvgIpc) is 2.69. The van der Waals surface area contributed by atoms with Crippen molar-refractivity contribution < 1.29 is 0 Å². The lowest BCUT2D eigenvalue weighted by atomic mass is 9.72. The third-order valence-electron chi connectivity index (χ3n) is 4.38. The van der Waals surface area contributed by atoms with E-state index in [9.17, 15) is 0 Å². The fourth-order valence-corrected chi connectivity index (χ4v) is 2.50. The molecule has 1 aliphatic carbocycles. The summed E-state index contributed by atoms with van der Waals surface area (Å²) in [6, 6.07) is 0. The van der Waals surface area contributed by atoms with Crippen molar-refractivity contribution in [2.75, 3.05) is 0 Å². The number of nitrogens with zero attached hydrogens (tertiary/aromatic N) is 3. The van der Waals surface area contributed by atoms with Crippen LogP contribution in [0.25, 0.3) is 0 Å². The monoisotopic (exact) mass is 208 g/mol. The molecule has 0 bridgehead atoms. The molecule has 0 radical (unpaired) electrons. The molecule has 84 valence electrons. The first kappa shape index (κ1) is 10.6. The lowest BCUT2D eigenvalue weighted by Crippen LogP contribution is -2.48. The van der Waals surface area contributed by atoms with Gasteiger partial charge in [-0.25, -0.2) is 4.98 Å². The summed E-state index contributed by atoms with van der Waals surface area (Å²) in [5.41, 5.74) is 6.44. The van der Waals surface area contributed by atoms with Gasteiger partial charge in [0, 0.05) is 12.1 Å². The summed E-state index contributed by atoms with van der Waals surface area (Å²) in [5, 5.41) is 4.16. The minimum Gasteiger partial charge on any atom is -0.325 e. The van der Waals surface area contributed by atoms with Gasteiger partial charge in [0.25, 0.3) is 0 Å². The van der Waals surface area contributed by atoms with Crippen LogP contribution in [0.15, 0.2) is 12.7 Å². The van der Waals surface area contributed by atoms with Gasteiger partial charge < -0.3 is 5.73 Å². The number of hydrogen-bond donors (Lipinski definition) is 1. The van der Waals surface area contributed by atoms with E-state index in [0.717, 1.165) is 13.0 Å². The van der Waals surface area contributed by atoms with E-state index in [-0.39, 0.29) is 11.0 Å². The summed E-state index contributed by atoms with van der Waals surface area (Å²) < 4.78 is 1.91. The van der Waals surface area contributed by atoms with Crippen LogP contribution < -0.4 is 5.73 Å². The highest BCUT2D eigenvalue weighted by Gasteiger charge is 2.48. The molecule has 0 amide bonds. The van der Waals surface area contributed by atoms with Crippen LogP contribution >= 0.6 is 0 Å². The van der Waals surface area contributed by atoms with Crippen molar-refractivity contribution in [2.45, 2.75) is 45.7 Å². The summed E-state index contributed by atoms with van der Waals surface area (Å²) in [6.07, 6.45) is 5.64. The quantitative estimate of drug-likeness (QED) is 0.800.